The molecule has 0 aliphatic carbocycles. The van der Waals surface area contributed by atoms with Gasteiger partial charge in [-0.15, -0.1) is 11.3 Å². The molecule has 0 saturated carbocycles. The largest absolute Gasteiger partial charge is 0.310 e. The first-order valence-electron chi connectivity index (χ1n) is 7.86. The lowest BCUT2D eigenvalue weighted by Gasteiger charge is -2.26. The third-order valence-electron chi connectivity index (χ3n) is 3.83. The number of hydrogen-bond donors (Lipinski definition) is 1. The van der Waals surface area contributed by atoms with Gasteiger partial charge in [0.1, 0.15) is 0 Å². The molecule has 1 N–H and O–H groups in total. The number of nitrogens with zero attached hydrogens (tertiary/aromatic N) is 3. The Morgan fingerprint density at radius 2 is 2.19 bits per heavy atom. The van der Waals surface area contributed by atoms with E-state index in [1.54, 1.807) is 23.2 Å². The molecule has 0 unspecified atom stereocenters. The summed E-state index contributed by atoms with van der Waals surface area (Å²) in [6.07, 6.45) is 4.07. The van der Waals surface area contributed by atoms with Crippen LogP contribution in [0.25, 0.3) is 0 Å². The van der Waals surface area contributed by atoms with E-state index in [1.165, 1.54) is 32.4 Å². The van der Waals surface area contributed by atoms with Crippen molar-refractivity contribution in [3.05, 3.63) is 11.1 Å². The van der Waals surface area contributed by atoms with Crippen molar-refractivity contribution in [2.45, 2.75) is 39.7 Å². The molecule has 0 bridgehead atoms. The molecule has 1 aromatic rings. The van der Waals surface area contributed by atoms with Crippen LogP contribution in [-0.2, 0) is 11.3 Å². The van der Waals surface area contributed by atoms with E-state index < -0.39 is 0 Å². The van der Waals surface area contributed by atoms with Gasteiger partial charge < -0.3 is 10.2 Å². The van der Waals surface area contributed by atoms with Gasteiger partial charge in [-0.1, -0.05) is 6.42 Å². The first-order valence-corrected chi connectivity index (χ1v) is 8.74. The number of thiazole rings is 1. The van der Waals surface area contributed by atoms with E-state index in [0.717, 1.165) is 30.5 Å². The van der Waals surface area contributed by atoms with Gasteiger partial charge >= 0.3 is 0 Å². The predicted molar refractivity (Wildman–Crippen MR) is 87.8 cm³/mol. The summed E-state index contributed by atoms with van der Waals surface area (Å²) in [5.41, 5.74) is 1.02. The molecule has 1 saturated heterocycles. The van der Waals surface area contributed by atoms with Gasteiger partial charge in [0.15, 0.2) is 5.13 Å². The van der Waals surface area contributed by atoms with Crippen LogP contribution in [0.1, 0.15) is 38.8 Å². The Hall–Kier alpha value is -0.980. The third kappa shape index (κ3) is 5.05. The average molecular weight is 310 g/mol. The monoisotopic (exact) mass is 310 g/mol. The summed E-state index contributed by atoms with van der Waals surface area (Å²) < 4.78 is 0. The van der Waals surface area contributed by atoms with E-state index in [-0.39, 0.29) is 5.91 Å². The summed E-state index contributed by atoms with van der Waals surface area (Å²) in [6.45, 7) is 9.60. The maximum Gasteiger partial charge on any atom is 0.225 e. The molecule has 21 heavy (non-hydrogen) atoms. The van der Waals surface area contributed by atoms with E-state index in [4.69, 9.17) is 0 Å². The van der Waals surface area contributed by atoms with Crippen LogP contribution in [-0.4, -0.2) is 48.5 Å². The maximum atomic E-state index is 11.5. The van der Waals surface area contributed by atoms with E-state index >= 15 is 0 Å². The number of carbonyl (C=O) groups is 1. The van der Waals surface area contributed by atoms with Crippen LogP contribution < -0.4 is 10.2 Å². The lowest BCUT2D eigenvalue weighted by Crippen LogP contribution is -2.35. The first kappa shape index (κ1) is 16.4. The Bertz CT molecular complexity index is 443. The fourth-order valence-electron chi connectivity index (χ4n) is 2.63. The molecule has 118 valence electrons. The zero-order valence-electron chi connectivity index (χ0n) is 13.1. The van der Waals surface area contributed by atoms with Gasteiger partial charge in [0, 0.05) is 38.5 Å². The Kier molecular flexibility index (Phi) is 6.60. The van der Waals surface area contributed by atoms with Gasteiger partial charge in [0.05, 0.1) is 5.69 Å². The number of likely N-dealkylation sites (tertiary alicyclic amines) is 1. The molecule has 0 spiro atoms. The van der Waals surface area contributed by atoms with Crippen LogP contribution in [0.15, 0.2) is 5.38 Å². The summed E-state index contributed by atoms with van der Waals surface area (Å²) in [5, 5.41) is 6.29. The molecule has 0 radical (unpaired) electrons. The molecular formula is C15H26N4OS. The van der Waals surface area contributed by atoms with Crippen LogP contribution in [0, 0.1) is 0 Å². The number of nitrogens with one attached hydrogen (secondary N) is 1. The van der Waals surface area contributed by atoms with Gasteiger partial charge in [0.25, 0.3) is 0 Å². The Labute approximate surface area is 131 Å². The highest BCUT2D eigenvalue weighted by molar-refractivity contribution is 7.14. The number of hydrogen-bond acceptors (Lipinski definition) is 5. The SMILES string of the molecule is CCN(C(C)=O)c1nc(CNCCN2CCCCC2)cs1. The third-order valence-corrected chi connectivity index (χ3v) is 4.74. The summed E-state index contributed by atoms with van der Waals surface area (Å²) in [7, 11) is 0. The van der Waals surface area contributed by atoms with Crippen LogP contribution in [0.2, 0.25) is 0 Å². The second-order valence-electron chi connectivity index (χ2n) is 5.46. The molecule has 2 rings (SSSR count). The molecule has 6 heteroatoms. The van der Waals surface area contributed by atoms with Gasteiger partial charge in [-0.25, -0.2) is 4.98 Å². The minimum absolute atomic E-state index is 0.0523. The fraction of sp³-hybridized carbons (Fsp3) is 0.733. The van der Waals surface area contributed by atoms with Crippen molar-refractivity contribution >= 4 is 22.4 Å². The Morgan fingerprint density at radius 1 is 1.43 bits per heavy atom. The molecule has 1 aliphatic rings. The number of carbonyl (C=O) groups excluding carboxylic acids is 1. The minimum atomic E-state index is 0.0523. The zero-order valence-corrected chi connectivity index (χ0v) is 13.9. The smallest absolute Gasteiger partial charge is 0.225 e. The van der Waals surface area contributed by atoms with Crippen LogP contribution in [0.3, 0.4) is 0 Å². The average Bonchev–Trinajstić information content (AvgIpc) is 2.94. The lowest BCUT2D eigenvalue weighted by molar-refractivity contribution is -0.116. The molecule has 1 aliphatic heterocycles. The van der Waals surface area contributed by atoms with Crippen molar-refractivity contribution in [1.29, 1.82) is 0 Å². The van der Waals surface area contributed by atoms with Crippen molar-refractivity contribution in [2.24, 2.45) is 0 Å². The number of piperidine rings is 1. The molecule has 2 heterocycles. The Morgan fingerprint density at radius 3 is 2.86 bits per heavy atom. The second-order valence-corrected chi connectivity index (χ2v) is 6.30. The number of aromatic nitrogens is 1. The normalized spacial score (nSPS) is 16.1. The molecule has 1 amide bonds. The predicted octanol–water partition coefficient (Wildman–Crippen LogP) is 2.09. The first-order chi connectivity index (χ1) is 10.2. The highest BCUT2D eigenvalue weighted by atomic mass is 32.1. The molecule has 1 aromatic heterocycles. The second kappa shape index (κ2) is 8.46. The summed E-state index contributed by atoms with van der Waals surface area (Å²) in [5.74, 6) is 0.0523. The maximum absolute atomic E-state index is 11.5. The molecule has 5 nitrogen and oxygen atoms in total. The molecule has 0 aromatic carbocycles. The quantitative estimate of drug-likeness (QED) is 0.784. The molecule has 0 atom stereocenters. The van der Waals surface area contributed by atoms with E-state index in [0.29, 0.717) is 6.54 Å². The van der Waals surface area contributed by atoms with Crippen LogP contribution in [0.5, 0.6) is 0 Å². The molecule has 1 fully saturated rings. The van der Waals surface area contributed by atoms with Crippen molar-refractivity contribution in [1.82, 2.24) is 15.2 Å². The van der Waals surface area contributed by atoms with Gasteiger partial charge in [0.2, 0.25) is 5.91 Å². The van der Waals surface area contributed by atoms with Gasteiger partial charge in [-0.3, -0.25) is 9.69 Å². The highest BCUT2D eigenvalue weighted by Crippen LogP contribution is 2.20. The van der Waals surface area contributed by atoms with E-state index in [2.05, 4.69) is 15.2 Å². The van der Waals surface area contributed by atoms with E-state index in [1.807, 2.05) is 12.3 Å². The number of anilines is 1. The highest BCUT2D eigenvalue weighted by Gasteiger charge is 2.13. The van der Waals surface area contributed by atoms with Gasteiger partial charge in [-0.05, 0) is 32.9 Å². The van der Waals surface area contributed by atoms with Gasteiger partial charge in [-0.2, -0.15) is 0 Å². The topological polar surface area (TPSA) is 48.5 Å². The molecular weight excluding hydrogens is 284 g/mol. The summed E-state index contributed by atoms with van der Waals surface area (Å²) in [4.78, 5) is 20.3. The number of rotatable bonds is 7. The fourth-order valence-corrected chi connectivity index (χ4v) is 3.56. The zero-order chi connectivity index (χ0) is 15.1. The minimum Gasteiger partial charge on any atom is -0.310 e. The Balaban J connectivity index is 1.71. The van der Waals surface area contributed by atoms with Crippen LogP contribution >= 0.6 is 11.3 Å². The summed E-state index contributed by atoms with van der Waals surface area (Å²) >= 11 is 1.54. The van der Waals surface area contributed by atoms with Crippen molar-refractivity contribution in [3.63, 3.8) is 0 Å². The lowest BCUT2D eigenvalue weighted by atomic mass is 10.1. The number of amides is 1. The standard InChI is InChI=1S/C15H26N4OS/c1-3-19(13(2)20)15-17-14(12-21-15)11-16-7-10-18-8-5-4-6-9-18/h12,16H,3-11H2,1-2H3. The van der Waals surface area contributed by atoms with E-state index in [9.17, 15) is 4.79 Å². The van der Waals surface area contributed by atoms with Crippen molar-refractivity contribution in [3.8, 4) is 0 Å². The van der Waals surface area contributed by atoms with Crippen molar-refractivity contribution < 1.29 is 4.79 Å². The van der Waals surface area contributed by atoms with Crippen molar-refractivity contribution in [2.75, 3.05) is 37.6 Å². The summed E-state index contributed by atoms with van der Waals surface area (Å²) in [6, 6.07) is 0. The van der Waals surface area contributed by atoms with Crippen LogP contribution in [0.4, 0.5) is 5.13 Å².